The van der Waals surface area contributed by atoms with E-state index >= 15 is 0 Å². The summed E-state index contributed by atoms with van der Waals surface area (Å²) in [5.74, 6) is 0.806. The molecule has 1 unspecified atom stereocenters. The predicted octanol–water partition coefficient (Wildman–Crippen LogP) is 1.12. The number of rotatable bonds is 5. The molecule has 1 fully saturated rings. The minimum atomic E-state index is 0.0655. The molecule has 0 radical (unpaired) electrons. The van der Waals surface area contributed by atoms with Crippen molar-refractivity contribution in [2.45, 2.75) is 13.0 Å². The van der Waals surface area contributed by atoms with E-state index in [2.05, 4.69) is 24.2 Å². The van der Waals surface area contributed by atoms with Crippen LogP contribution in [-0.2, 0) is 4.79 Å². The SMILES string of the molecule is CNC(C)c1ccc(OCC(=O)N2CCN(C)CC2)cc1. The van der Waals surface area contributed by atoms with Crippen molar-refractivity contribution < 1.29 is 9.53 Å². The summed E-state index contributed by atoms with van der Waals surface area (Å²) in [7, 11) is 4.01. The Bertz CT molecular complexity index is 453. The fourth-order valence-electron chi connectivity index (χ4n) is 2.31. The summed E-state index contributed by atoms with van der Waals surface area (Å²) in [6.45, 7) is 5.66. The summed E-state index contributed by atoms with van der Waals surface area (Å²) < 4.78 is 5.59. The molecule has 5 nitrogen and oxygen atoms in total. The van der Waals surface area contributed by atoms with Gasteiger partial charge in [-0.25, -0.2) is 0 Å². The molecular weight excluding hydrogens is 266 g/mol. The summed E-state index contributed by atoms with van der Waals surface area (Å²) in [6.07, 6.45) is 0. The van der Waals surface area contributed by atoms with Gasteiger partial charge in [-0.3, -0.25) is 4.79 Å². The highest BCUT2D eigenvalue weighted by Crippen LogP contribution is 2.17. The normalized spacial score (nSPS) is 17.6. The molecule has 1 aliphatic rings. The summed E-state index contributed by atoms with van der Waals surface area (Å²) in [5, 5.41) is 3.19. The van der Waals surface area contributed by atoms with E-state index in [-0.39, 0.29) is 12.5 Å². The molecule has 116 valence electrons. The maximum atomic E-state index is 12.1. The second kappa shape index (κ2) is 7.43. The van der Waals surface area contributed by atoms with Crippen molar-refractivity contribution in [3.05, 3.63) is 29.8 Å². The maximum absolute atomic E-state index is 12.1. The van der Waals surface area contributed by atoms with Gasteiger partial charge in [-0.05, 0) is 38.7 Å². The molecule has 21 heavy (non-hydrogen) atoms. The van der Waals surface area contributed by atoms with Crippen LogP contribution in [0.5, 0.6) is 5.75 Å². The number of piperazine rings is 1. The predicted molar refractivity (Wildman–Crippen MR) is 83.5 cm³/mol. The third-order valence-corrected chi connectivity index (χ3v) is 4.03. The van der Waals surface area contributed by atoms with Gasteiger partial charge in [0.1, 0.15) is 5.75 Å². The van der Waals surface area contributed by atoms with Crippen molar-refractivity contribution in [1.82, 2.24) is 15.1 Å². The molecule has 1 N–H and O–H groups in total. The van der Waals surface area contributed by atoms with Gasteiger partial charge in [-0.15, -0.1) is 0 Å². The fourth-order valence-corrected chi connectivity index (χ4v) is 2.31. The summed E-state index contributed by atoms with van der Waals surface area (Å²) in [4.78, 5) is 16.2. The highest BCUT2D eigenvalue weighted by atomic mass is 16.5. The standard InChI is InChI=1S/C16H25N3O2/c1-13(17-2)14-4-6-15(7-5-14)21-12-16(20)19-10-8-18(3)9-11-19/h4-7,13,17H,8-12H2,1-3H3. The molecule has 1 atom stereocenters. The first-order chi connectivity index (χ1) is 10.1. The molecule has 5 heteroatoms. The molecule has 0 spiro atoms. The average molecular weight is 291 g/mol. The van der Waals surface area contributed by atoms with E-state index in [4.69, 9.17) is 4.74 Å². The smallest absolute Gasteiger partial charge is 0.260 e. The number of hydrogen-bond donors (Lipinski definition) is 1. The van der Waals surface area contributed by atoms with Gasteiger partial charge in [0.2, 0.25) is 0 Å². The number of likely N-dealkylation sites (N-methyl/N-ethyl adjacent to an activating group) is 1. The Balaban J connectivity index is 1.81. The summed E-state index contributed by atoms with van der Waals surface area (Å²) >= 11 is 0. The Hall–Kier alpha value is -1.59. The van der Waals surface area contributed by atoms with E-state index in [9.17, 15) is 4.79 Å². The van der Waals surface area contributed by atoms with Crippen LogP contribution in [0.2, 0.25) is 0 Å². The number of benzene rings is 1. The molecule has 0 saturated carbocycles. The number of amides is 1. The third-order valence-electron chi connectivity index (χ3n) is 4.03. The number of nitrogens with zero attached hydrogens (tertiary/aromatic N) is 2. The lowest BCUT2D eigenvalue weighted by atomic mass is 10.1. The minimum absolute atomic E-state index is 0.0655. The van der Waals surface area contributed by atoms with Crippen molar-refractivity contribution in [3.63, 3.8) is 0 Å². The van der Waals surface area contributed by atoms with Crippen molar-refractivity contribution >= 4 is 5.91 Å². The molecule has 1 heterocycles. The molecular formula is C16H25N3O2. The average Bonchev–Trinajstić information content (AvgIpc) is 2.53. The van der Waals surface area contributed by atoms with Crippen LogP contribution in [0.25, 0.3) is 0 Å². The molecule has 1 aromatic rings. The van der Waals surface area contributed by atoms with E-state index in [1.54, 1.807) is 0 Å². The Labute approximate surface area is 126 Å². The van der Waals surface area contributed by atoms with Gasteiger partial charge in [0, 0.05) is 32.2 Å². The van der Waals surface area contributed by atoms with Gasteiger partial charge < -0.3 is 19.9 Å². The van der Waals surface area contributed by atoms with Gasteiger partial charge >= 0.3 is 0 Å². The van der Waals surface area contributed by atoms with Crippen LogP contribution in [-0.4, -0.2) is 62.6 Å². The van der Waals surface area contributed by atoms with Gasteiger partial charge in [0.05, 0.1) is 0 Å². The number of carbonyl (C=O) groups excluding carboxylic acids is 1. The van der Waals surface area contributed by atoms with E-state index in [1.165, 1.54) is 5.56 Å². The second-order valence-corrected chi connectivity index (χ2v) is 5.55. The Morgan fingerprint density at radius 2 is 1.86 bits per heavy atom. The number of carbonyl (C=O) groups is 1. The van der Waals surface area contributed by atoms with Crippen LogP contribution in [0, 0.1) is 0 Å². The molecule has 0 aromatic heterocycles. The zero-order chi connectivity index (χ0) is 15.2. The lowest BCUT2D eigenvalue weighted by Crippen LogP contribution is -2.48. The van der Waals surface area contributed by atoms with Crippen LogP contribution in [0.3, 0.4) is 0 Å². The van der Waals surface area contributed by atoms with Crippen LogP contribution in [0.15, 0.2) is 24.3 Å². The van der Waals surface area contributed by atoms with Gasteiger partial charge in [-0.2, -0.15) is 0 Å². The lowest BCUT2D eigenvalue weighted by molar-refractivity contribution is -0.134. The van der Waals surface area contributed by atoms with Gasteiger partial charge in [0.25, 0.3) is 5.91 Å². The van der Waals surface area contributed by atoms with E-state index < -0.39 is 0 Å². The molecule has 2 rings (SSSR count). The highest BCUT2D eigenvalue weighted by molar-refractivity contribution is 5.77. The topological polar surface area (TPSA) is 44.8 Å². The van der Waals surface area contributed by atoms with Gasteiger partial charge in [-0.1, -0.05) is 12.1 Å². The number of hydrogen-bond acceptors (Lipinski definition) is 4. The van der Waals surface area contributed by atoms with Crippen LogP contribution >= 0.6 is 0 Å². The maximum Gasteiger partial charge on any atom is 0.260 e. The van der Waals surface area contributed by atoms with E-state index in [0.717, 1.165) is 31.9 Å². The Morgan fingerprint density at radius 3 is 2.43 bits per heavy atom. The first-order valence-corrected chi connectivity index (χ1v) is 7.46. The van der Waals surface area contributed by atoms with E-state index in [0.29, 0.717) is 6.04 Å². The molecule has 0 aliphatic carbocycles. The largest absolute Gasteiger partial charge is 0.484 e. The first kappa shape index (κ1) is 15.8. The summed E-state index contributed by atoms with van der Waals surface area (Å²) in [6, 6.07) is 8.19. The first-order valence-electron chi connectivity index (χ1n) is 7.46. The quantitative estimate of drug-likeness (QED) is 0.883. The molecule has 1 saturated heterocycles. The lowest BCUT2D eigenvalue weighted by Gasteiger charge is -2.32. The number of ether oxygens (including phenoxy) is 1. The van der Waals surface area contributed by atoms with Crippen LogP contribution < -0.4 is 10.1 Å². The van der Waals surface area contributed by atoms with Crippen molar-refractivity contribution in [1.29, 1.82) is 0 Å². The van der Waals surface area contributed by atoms with Crippen LogP contribution in [0.1, 0.15) is 18.5 Å². The third kappa shape index (κ3) is 4.44. The molecule has 0 bridgehead atoms. The Kier molecular flexibility index (Phi) is 5.59. The zero-order valence-electron chi connectivity index (χ0n) is 13.1. The number of nitrogens with one attached hydrogen (secondary N) is 1. The van der Waals surface area contributed by atoms with Gasteiger partial charge in [0.15, 0.2) is 6.61 Å². The molecule has 1 aromatic carbocycles. The van der Waals surface area contributed by atoms with Crippen LogP contribution in [0.4, 0.5) is 0 Å². The summed E-state index contributed by atoms with van der Waals surface area (Å²) in [5.41, 5.74) is 1.20. The van der Waals surface area contributed by atoms with E-state index in [1.807, 2.05) is 36.2 Å². The Morgan fingerprint density at radius 1 is 1.24 bits per heavy atom. The van der Waals surface area contributed by atoms with Crippen molar-refractivity contribution in [2.75, 3.05) is 46.9 Å². The highest BCUT2D eigenvalue weighted by Gasteiger charge is 2.19. The fraction of sp³-hybridized carbons (Fsp3) is 0.562. The van der Waals surface area contributed by atoms with Crippen molar-refractivity contribution in [2.24, 2.45) is 0 Å². The zero-order valence-corrected chi connectivity index (χ0v) is 13.1. The van der Waals surface area contributed by atoms with Crippen molar-refractivity contribution in [3.8, 4) is 5.75 Å². The monoisotopic (exact) mass is 291 g/mol. The molecule has 1 aliphatic heterocycles. The minimum Gasteiger partial charge on any atom is -0.484 e. The second-order valence-electron chi connectivity index (χ2n) is 5.55. The molecule has 1 amide bonds.